The molecule has 2 rings (SSSR count). The molecule has 0 radical (unpaired) electrons. The van der Waals surface area contributed by atoms with E-state index in [4.69, 9.17) is 4.74 Å². The van der Waals surface area contributed by atoms with E-state index in [9.17, 15) is 17.6 Å². The molecule has 1 saturated heterocycles. The number of ether oxygens (including phenoxy) is 1. The number of anilines is 1. The molecule has 0 bridgehead atoms. The van der Waals surface area contributed by atoms with Crippen LogP contribution in [0.1, 0.15) is 13.3 Å². The van der Waals surface area contributed by atoms with Crippen molar-refractivity contribution in [1.29, 1.82) is 0 Å². The normalized spacial score (nSPS) is 16.7. The minimum Gasteiger partial charge on any atom is -0.379 e. The minimum atomic E-state index is -3.93. The Hall–Kier alpha value is -1.51. The highest BCUT2D eigenvalue weighted by molar-refractivity contribution is 7.89. The first-order valence-corrected chi connectivity index (χ1v) is 8.06. The fourth-order valence-electron chi connectivity index (χ4n) is 1.95. The first-order chi connectivity index (χ1) is 9.95. The number of hydrogen-bond donors (Lipinski definition) is 1. The van der Waals surface area contributed by atoms with Crippen molar-refractivity contribution in [2.24, 2.45) is 0 Å². The highest BCUT2D eigenvalue weighted by Crippen LogP contribution is 2.23. The molecule has 0 unspecified atom stereocenters. The van der Waals surface area contributed by atoms with E-state index in [-0.39, 0.29) is 44.3 Å². The summed E-state index contributed by atoms with van der Waals surface area (Å²) >= 11 is 0. The van der Waals surface area contributed by atoms with Crippen molar-refractivity contribution in [3.8, 4) is 0 Å². The second-order valence-electron chi connectivity index (χ2n) is 4.56. The zero-order chi connectivity index (χ0) is 15.5. The van der Waals surface area contributed by atoms with Gasteiger partial charge >= 0.3 is 0 Å². The van der Waals surface area contributed by atoms with Crippen LogP contribution in [-0.2, 0) is 19.6 Å². The van der Waals surface area contributed by atoms with Crippen molar-refractivity contribution in [3.63, 3.8) is 0 Å². The third-order valence-corrected chi connectivity index (χ3v) is 5.04. The number of nitrogens with one attached hydrogen (secondary N) is 1. The van der Waals surface area contributed by atoms with Gasteiger partial charge in [-0.15, -0.1) is 0 Å². The van der Waals surface area contributed by atoms with Crippen LogP contribution in [0.3, 0.4) is 0 Å². The van der Waals surface area contributed by atoms with Crippen LogP contribution >= 0.6 is 0 Å². The van der Waals surface area contributed by atoms with E-state index in [1.54, 1.807) is 6.92 Å². The van der Waals surface area contributed by atoms with E-state index < -0.39 is 20.7 Å². The van der Waals surface area contributed by atoms with Gasteiger partial charge in [-0.1, -0.05) is 6.92 Å². The summed E-state index contributed by atoms with van der Waals surface area (Å²) in [6.07, 6.45) is 0.253. The van der Waals surface area contributed by atoms with Crippen molar-refractivity contribution >= 4 is 21.6 Å². The Morgan fingerprint density at radius 2 is 2.05 bits per heavy atom. The van der Waals surface area contributed by atoms with Gasteiger partial charge < -0.3 is 10.1 Å². The highest BCUT2D eigenvalue weighted by Gasteiger charge is 2.29. The molecule has 0 aromatic heterocycles. The number of halogens is 1. The second kappa shape index (κ2) is 6.50. The van der Waals surface area contributed by atoms with Gasteiger partial charge in [0.1, 0.15) is 10.7 Å². The number of benzene rings is 1. The monoisotopic (exact) mass is 316 g/mol. The Kier molecular flexibility index (Phi) is 4.92. The van der Waals surface area contributed by atoms with E-state index in [0.29, 0.717) is 0 Å². The molecule has 0 atom stereocenters. The molecule has 1 amide bonds. The van der Waals surface area contributed by atoms with Gasteiger partial charge in [-0.05, 0) is 18.2 Å². The Balaban J connectivity index is 2.33. The predicted molar refractivity (Wildman–Crippen MR) is 74.9 cm³/mol. The van der Waals surface area contributed by atoms with Crippen LogP contribution in [0.15, 0.2) is 23.1 Å². The van der Waals surface area contributed by atoms with Gasteiger partial charge in [-0.3, -0.25) is 4.79 Å². The smallest absolute Gasteiger partial charge is 0.246 e. The minimum absolute atomic E-state index is 0.188. The number of carbonyl (C=O) groups is 1. The first-order valence-electron chi connectivity index (χ1n) is 6.62. The molecular formula is C13H17FN2O4S. The SMILES string of the molecule is CCC(=O)Nc1ccc(F)c(S(=O)(=O)N2CCOCC2)c1. The maximum Gasteiger partial charge on any atom is 0.246 e. The zero-order valence-electron chi connectivity index (χ0n) is 11.6. The molecule has 0 saturated carbocycles. The summed E-state index contributed by atoms with van der Waals surface area (Å²) in [5.41, 5.74) is 0.259. The fraction of sp³-hybridized carbons (Fsp3) is 0.462. The number of hydrogen-bond acceptors (Lipinski definition) is 4. The van der Waals surface area contributed by atoms with Crippen LogP contribution < -0.4 is 5.32 Å². The van der Waals surface area contributed by atoms with E-state index in [1.165, 1.54) is 10.4 Å². The summed E-state index contributed by atoms with van der Waals surface area (Å²) in [6, 6.07) is 3.52. The fourth-order valence-corrected chi connectivity index (χ4v) is 3.45. The third kappa shape index (κ3) is 3.58. The molecule has 21 heavy (non-hydrogen) atoms. The standard InChI is InChI=1S/C13H17FN2O4S/c1-2-13(17)15-10-3-4-11(14)12(9-10)21(18,19)16-5-7-20-8-6-16/h3-4,9H,2,5-8H2,1H3,(H,15,17). The van der Waals surface area contributed by atoms with Crippen molar-refractivity contribution < 1.29 is 22.3 Å². The predicted octanol–water partition coefficient (Wildman–Crippen LogP) is 1.20. The average molecular weight is 316 g/mol. The van der Waals surface area contributed by atoms with Gasteiger partial charge in [0, 0.05) is 25.2 Å². The van der Waals surface area contributed by atoms with Gasteiger partial charge in [0.2, 0.25) is 15.9 Å². The van der Waals surface area contributed by atoms with E-state index in [2.05, 4.69) is 5.32 Å². The Morgan fingerprint density at radius 1 is 1.38 bits per heavy atom. The lowest BCUT2D eigenvalue weighted by Gasteiger charge is -2.26. The topological polar surface area (TPSA) is 75.7 Å². The molecule has 1 fully saturated rings. The van der Waals surface area contributed by atoms with Crippen LogP contribution in [0.2, 0.25) is 0 Å². The lowest BCUT2D eigenvalue weighted by atomic mass is 10.3. The first kappa shape index (κ1) is 15.9. The average Bonchev–Trinajstić information content (AvgIpc) is 2.49. The zero-order valence-corrected chi connectivity index (χ0v) is 12.5. The van der Waals surface area contributed by atoms with Crippen molar-refractivity contribution in [3.05, 3.63) is 24.0 Å². The number of carbonyl (C=O) groups excluding carboxylic acids is 1. The molecule has 1 aliphatic heterocycles. The molecule has 0 spiro atoms. The molecule has 1 aromatic rings. The number of rotatable bonds is 4. The van der Waals surface area contributed by atoms with Crippen molar-refractivity contribution in [2.45, 2.75) is 18.2 Å². The molecule has 6 nitrogen and oxygen atoms in total. The molecule has 1 aromatic carbocycles. The summed E-state index contributed by atoms with van der Waals surface area (Å²) < 4.78 is 45.0. The summed E-state index contributed by atoms with van der Waals surface area (Å²) in [5, 5.41) is 2.52. The van der Waals surface area contributed by atoms with Crippen LogP contribution in [-0.4, -0.2) is 44.9 Å². The molecule has 116 valence electrons. The lowest BCUT2D eigenvalue weighted by Crippen LogP contribution is -2.40. The maximum atomic E-state index is 13.9. The lowest BCUT2D eigenvalue weighted by molar-refractivity contribution is -0.115. The van der Waals surface area contributed by atoms with Crippen molar-refractivity contribution in [2.75, 3.05) is 31.6 Å². The summed E-state index contributed by atoms with van der Waals surface area (Å²) in [7, 11) is -3.93. The summed E-state index contributed by atoms with van der Waals surface area (Å²) in [6.45, 7) is 2.62. The van der Waals surface area contributed by atoms with Crippen LogP contribution in [0.4, 0.5) is 10.1 Å². The van der Waals surface area contributed by atoms with Gasteiger partial charge in [0.15, 0.2) is 0 Å². The quantitative estimate of drug-likeness (QED) is 0.905. The second-order valence-corrected chi connectivity index (χ2v) is 6.47. The van der Waals surface area contributed by atoms with E-state index in [0.717, 1.165) is 12.1 Å². The van der Waals surface area contributed by atoms with E-state index in [1.807, 2.05) is 0 Å². The Bertz CT molecular complexity index is 627. The van der Waals surface area contributed by atoms with E-state index >= 15 is 0 Å². The van der Waals surface area contributed by atoms with Crippen LogP contribution in [0, 0.1) is 5.82 Å². The number of nitrogens with zero attached hydrogens (tertiary/aromatic N) is 1. The van der Waals surface area contributed by atoms with Gasteiger partial charge in [0.25, 0.3) is 0 Å². The number of amides is 1. The molecule has 0 aliphatic carbocycles. The summed E-state index contributed by atoms with van der Waals surface area (Å²) in [5.74, 6) is -1.10. The molecule has 1 aliphatic rings. The van der Waals surface area contributed by atoms with Crippen molar-refractivity contribution in [1.82, 2.24) is 4.31 Å². The maximum absolute atomic E-state index is 13.9. The molecule has 1 N–H and O–H groups in total. The van der Waals surface area contributed by atoms with Gasteiger partial charge in [-0.25, -0.2) is 12.8 Å². The number of morpholine rings is 1. The van der Waals surface area contributed by atoms with Crippen LogP contribution in [0.25, 0.3) is 0 Å². The molecule has 1 heterocycles. The van der Waals surface area contributed by atoms with Crippen LogP contribution in [0.5, 0.6) is 0 Å². The Morgan fingerprint density at radius 3 is 2.67 bits per heavy atom. The highest BCUT2D eigenvalue weighted by atomic mass is 32.2. The molecule has 8 heteroatoms. The summed E-state index contributed by atoms with van der Waals surface area (Å²) in [4.78, 5) is 10.9. The van der Waals surface area contributed by atoms with Gasteiger partial charge in [0.05, 0.1) is 13.2 Å². The number of sulfonamides is 1. The third-order valence-electron chi connectivity index (χ3n) is 3.12. The molecular weight excluding hydrogens is 299 g/mol. The Labute approximate surface area is 122 Å². The largest absolute Gasteiger partial charge is 0.379 e. The van der Waals surface area contributed by atoms with Gasteiger partial charge in [-0.2, -0.15) is 4.31 Å².